The molecule has 0 saturated heterocycles. The number of ether oxygens (including phenoxy) is 1. The topological polar surface area (TPSA) is 70.6 Å². The Kier molecular flexibility index (Phi) is 6.10. The predicted molar refractivity (Wildman–Crippen MR) is 73.9 cm³/mol. The Labute approximate surface area is 111 Å². The number of hydrogen-bond donors (Lipinski definition) is 3. The lowest BCUT2D eigenvalue weighted by atomic mass is 10.1. The van der Waals surface area contributed by atoms with Gasteiger partial charge in [0, 0.05) is 19.3 Å². The summed E-state index contributed by atoms with van der Waals surface area (Å²) >= 11 is 5.08. The molecule has 0 saturated carbocycles. The smallest absolute Gasteiger partial charge is 0.307 e. The van der Waals surface area contributed by atoms with Gasteiger partial charge in [0.2, 0.25) is 0 Å². The second kappa shape index (κ2) is 7.62. The first-order valence-corrected chi connectivity index (χ1v) is 5.87. The van der Waals surface area contributed by atoms with E-state index in [2.05, 4.69) is 10.6 Å². The van der Waals surface area contributed by atoms with Gasteiger partial charge in [-0.15, -0.1) is 0 Å². The van der Waals surface area contributed by atoms with E-state index in [1.54, 1.807) is 31.4 Å². The molecule has 0 unspecified atom stereocenters. The van der Waals surface area contributed by atoms with Crippen LogP contribution in [0.4, 0.5) is 5.69 Å². The maximum absolute atomic E-state index is 10.5. The summed E-state index contributed by atoms with van der Waals surface area (Å²) in [6.07, 6.45) is 0.0246. The zero-order valence-electron chi connectivity index (χ0n) is 10.1. The van der Waals surface area contributed by atoms with Gasteiger partial charge in [0.15, 0.2) is 5.11 Å². The van der Waals surface area contributed by atoms with E-state index in [4.69, 9.17) is 22.1 Å². The lowest BCUT2D eigenvalue weighted by Crippen LogP contribution is -2.31. The number of carboxylic acid groups (broad SMARTS) is 1. The molecule has 1 rings (SSSR count). The molecule has 0 fully saturated rings. The molecule has 0 aliphatic carbocycles. The molecule has 3 N–H and O–H groups in total. The summed E-state index contributed by atoms with van der Waals surface area (Å²) in [6.45, 7) is 1.22. The molecule has 0 spiro atoms. The molecular weight excluding hydrogens is 252 g/mol. The van der Waals surface area contributed by atoms with E-state index in [-0.39, 0.29) is 6.42 Å². The Hall–Kier alpha value is -1.66. The van der Waals surface area contributed by atoms with Gasteiger partial charge in [0.1, 0.15) is 0 Å². The maximum Gasteiger partial charge on any atom is 0.307 e. The normalized spacial score (nSPS) is 9.83. The highest BCUT2D eigenvalue weighted by molar-refractivity contribution is 7.80. The first-order chi connectivity index (χ1) is 8.61. The molecule has 0 aromatic heterocycles. The van der Waals surface area contributed by atoms with Crippen molar-refractivity contribution in [3.63, 3.8) is 0 Å². The fourth-order valence-corrected chi connectivity index (χ4v) is 1.54. The Balaban J connectivity index is 2.43. The third kappa shape index (κ3) is 5.60. The second-order valence-electron chi connectivity index (χ2n) is 3.64. The molecule has 6 heteroatoms. The zero-order valence-corrected chi connectivity index (χ0v) is 10.9. The van der Waals surface area contributed by atoms with Crippen LogP contribution in [0.1, 0.15) is 5.56 Å². The van der Waals surface area contributed by atoms with Crippen molar-refractivity contribution < 1.29 is 14.6 Å². The van der Waals surface area contributed by atoms with Gasteiger partial charge in [-0.1, -0.05) is 12.1 Å². The summed E-state index contributed by atoms with van der Waals surface area (Å²) in [5, 5.41) is 15.1. The van der Waals surface area contributed by atoms with Crippen LogP contribution >= 0.6 is 12.2 Å². The van der Waals surface area contributed by atoms with Gasteiger partial charge in [-0.3, -0.25) is 4.79 Å². The SMILES string of the molecule is COCCNC(=S)Nc1ccc(CC(=O)O)cc1. The Morgan fingerprint density at radius 2 is 2.06 bits per heavy atom. The highest BCUT2D eigenvalue weighted by Gasteiger charge is 2.01. The number of thiocarbonyl (C=S) groups is 1. The minimum absolute atomic E-state index is 0.0246. The van der Waals surface area contributed by atoms with Crippen LogP contribution in [0.15, 0.2) is 24.3 Å². The van der Waals surface area contributed by atoms with Crippen LogP contribution in [-0.2, 0) is 16.0 Å². The van der Waals surface area contributed by atoms with Crippen LogP contribution in [0.3, 0.4) is 0 Å². The first kappa shape index (κ1) is 14.4. The molecule has 18 heavy (non-hydrogen) atoms. The summed E-state index contributed by atoms with van der Waals surface area (Å²) in [7, 11) is 1.62. The van der Waals surface area contributed by atoms with E-state index >= 15 is 0 Å². The zero-order chi connectivity index (χ0) is 13.4. The number of benzene rings is 1. The number of methoxy groups -OCH3 is 1. The second-order valence-corrected chi connectivity index (χ2v) is 4.05. The lowest BCUT2D eigenvalue weighted by Gasteiger charge is -2.10. The molecular formula is C12H16N2O3S. The largest absolute Gasteiger partial charge is 0.481 e. The summed E-state index contributed by atoms with van der Waals surface area (Å²) in [5.74, 6) is -0.840. The average molecular weight is 268 g/mol. The van der Waals surface area contributed by atoms with Gasteiger partial charge < -0.3 is 20.5 Å². The quantitative estimate of drug-likeness (QED) is 0.533. The van der Waals surface area contributed by atoms with Crippen molar-refractivity contribution in [2.45, 2.75) is 6.42 Å². The van der Waals surface area contributed by atoms with Crippen molar-refractivity contribution >= 4 is 29.0 Å². The van der Waals surface area contributed by atoms with E-state index in [0.717, 1.165) is 11.3 Å². The van der Waals surface area contributed by atoms with Gasteiger partial charge in [-0.25, -0.2) is 0 Å². The Morgan fingerprint density at radius 3 is 2.61 bits per heavy atom. The van der Waals surface area contributed by atoms with Crippen molar-refractivity contribution in [1.29, 1.82) is 0 Å². The molecule has 0 bridgehead atoms. The summed E-state index contributed by atoms with van der Waals surface area (Å²) in [6, 6.07) is 7.10. The predicted octanol–water partition coefficient (Wildman–Crippen LogP) is 1.25. The molecule has 1 aromatic rings. The summed E-state index contributed by atoms with van der Waals surface area (Å²) in [5.41, 5.74) is 1.57. The van der Waals surface area contributed by atoms with Crippen molar-refractivity contribution in [2.24, 2.45) is 0 Å². The number of rotatable bonds is 6. The number of hydrogen-bond acceptors (Lipinski definition) is 3. The molecule has 0 atom stereocenters. The number of carbonyl (C=O) groups is 1. The Bertz CT molecular complexity index is 406. The number of nitrogens with one attached hydrogen (secondary N) is 2. The monoisotopic (exact) mass is 268 g/mol. The van der Waals surface area contributed by atoms with E-state index in [9.17, 15) is 4.79 Å². The summed E-state index contributed by atoms with van der Waals surface area (Å²) in [4.78, 5) is 10.5. The summed E-state index contributed by atoms with van der Waals surface area (Å²) < 4.78 is 4.89. The molecule has 5 nitrogen and oxygen atoms in total. The number of anilines is 1. The van der Waals surface area contributed by atoms with Gasteiger partial charge in [-0.05, 0) is 29.9 Å². The van der Waals surface area contributed by atoms with Gasteiger partial charge in [0.25, 0.3) is 0 Å². The highest BCUT2D eigenvalue weighted by Crippen LogP contribution is 2.09. The molecule has 0 aliphatic heterocycles. The van der Waals surface area contributed by atoms with Crippen LogP contribution in [0.25, 0.3) is 0 Å². The standard InChI is InChI=1S/C12H16N2O3S/c1-17-7-6-13-12(18)14-10-4-2-9(3-5-10)8-11(15)16/h2-5H,6-8H2,1H3,(H,15,16)(H2,13,14,18). The first-order valence-electron chi connectivity index (χ1n) is 5.46. The molecule has 0 heterocycles. The molecule has 0 amide bonds. The van der Waals surface area contributed by atoms with Crippen LogP contribution in [0, 0.1) is 0 Å². The van der Waals surface area contributed by atoms with Gasteiger partial charge in [0.05, 0.1) is 13.0 Å². The van der Waals surface area contributed by atoms with Crippen LogP contribution < -0.4 is 10.6 Å². The molecule has 0 radical (unpaired) electrons. The third-order valence-electron chi connectivity index (χ3n) is 2.16. The minimum Gasteiger partial charge on any atom is -0.481 e. The van der Waals surface area contributed by atoms with Crippen LogP contribution in [-0.4, -0.2) is 36.4 Å². The van der Waals surface area contributed by atoms with Crippen molar-refractivity contribution in [1.82, 2.24) is 5.32 Å². The highest BCUT2D eigenvalue weighted by atomic mass is 32.1. The van der Waals surface area contributed by atoms with Crippen molar-refractivity contribution in [2.75, 3.05) is 25.6 Å². The number of carboxylic acids is 1. The minimum atomic E-state index is -0.840. The van der Waals surface area contributed by atoms with Crippen molar-refractivity contribution in [3.8, 4) is 0 Å². The average Bonchev–Trinajstić information content (AvgIpc) is 2.31. The Morgan fingerprint density at radius 1 is 1.39 bits per heavy atom. The molecule has 1 aromatic carbocycles. The van der Waals surface area contributed by atoms with Crippen molar-refractivity contribution in [3.05, 3.63) is 29.8 Å². The van der Waals surface area contributed by atoms with E-state index in [0.29, 0.717) is 18.3 Å². The fourth-order valence-electron chi connectivity index (χ4n) is 1.32. The van der Waals surface area contributed by atoms with Gasteiger partial charge in [-0.2, -0.15) is 0 Å². The van der Waals surface area contributed by atoms with Gasteiger partial charge >= 0.3 is 5.97 Å². The van der Waals surface area contributed by atoms with Crippen LogP contribution in [0.2, 0.25) is 0 Å². The maximum atomic E-state index is 10.5. The molecule has 0 aliphatic rings. The van der Waals surface area contributed by atoms with E-state index in [1.807, 2.05) is 0 Å². The fraction of sp³-hybridized carbons (Fsp3) is 0.333. The molecule has 98 valence electrons. The third-order valence-corrected chi connectivity index (χ3v) is 2.41. The van der Waals surface area contributed by atoms with E-state index < -0.39 is 5.97 Å². The number of aliphatic carboxylic acids is 1. The van der Waals surface area contributed by atoms with E-state index in [1.165, 1.54) is 0 Å². The lowest BCUT2D eigenvalue weighted by molar-refractivity contribution is -0.136. The van der Waals surface area contributed by atoms with Crippen LogP contribution in [0.5, 0.6) is 0 Å².